The second-order valence-corrected chi connectivity index (χ2v) is 10.1. The lowest BCUT2D eigenvalue weighted by Crippen LogP contribution is -2.46. The molecule has 2 aliphatic rings. The fraction of sp³-hybridized carbons (Fsp3) is 0.550. The number of H-pyrrole nitrogens is 1. The average Bonchev–Trinajstić information content (AvgIpc) is 2.99. The Labute approximate surface area is 160 Å². The third-order valence-electron chi connectivity index (χ3n) is 5.97. The van der Waals surface area contributed by atoms with Crippen molar-refractivity contribution in [1.29, 1.82) is 0 Å². The quantitative estimate of drug-likeness (QED) is 0.846. The first kappa shape index (κ1) is 18.5. The Bertz CT molecular complexity index is 972. The van der Waals surface area contributed by atoms with Crippen molar-refractivity contribution in [3.8, 4) is 0 Å². The molecular weight excluding hydrogens is 362 g/mol. The van der Waals surface area contributed by atoms with Crippen molar-refractivity contribution in [2.75, 3.05) is 19.3 Å². The van der Waals surface area contributed by atoms with E-state index in [9.17, 15) is 13.2 Å². The van der Waals surface area contributed by atoms with E-state index >= 15 is 0 Å². The number of rotatable bonds is 3. The fourth-order valence-electron chi connectivity index (χ4n) is 4.40. The van der Waals surface area contributed by atoms with Gasteiger partial charge in [-0.05, 0) is 49.7 Å². The van der Waals surface area contributed by atoms with Crippen molar-refractivity contribution in [3.05, 3.63) is 35.0 Å². The zero-order chi connectivity index (χ0) is 19.2. The van der Waals surface area contributed by atoms with E-state index in [-0.39, 0.29) is 11.9 Å². The molecule has 1 aliphatic heterocycles. The van der Waals surface area contributed by atoms with Gasteiger partial charge in [0.15, 0.2) is 0 Å². The highest BCUT2D eigenvalue weighted by Crippen LogP contribution is 2.33. The molecule has 2 heterocycles. The van der Waals surface area contributed by atoms with E-state index in [1.165, 1.54) is 28.2 Å². The minimum Gasteiger partial charge on any atom is -0.358 e. The van der Waals surface area contributed by atoms with Crippen molar-refractivity contribution in [2.24, 2.45) is 5.92 Å². The number of nitrogens with zero attached hydrogens (tertiary/aromatic N) is 1. The third kappa shape index (κ3) is 3.62. The van der Waals surface area contributed by atoms with Gasteiger partial charge in [-0.1, -0.05) is 19.1 Å². The van der Waals surface area contributed by atoms with Crippen LogP contribution in [0, 0.1) is 5.92 Å². The summed E-state index contributed by atoms with van der Waals surface area (Å²) in [6, 6.07) is 5.94. The summed E-state index contributed by atoms with van der Waals surface area (Å²) < 4.78 is 24.8. The molecule has 0 saturated carbocycles. The molecule has 1 unspecified atom stereocenters. The average molecular weight is 390 g/mol. The van der Waals surface area contributed by atoms with Gasteiger partial charge >= 0.3 is 0 Å². The molecule has 146 valence electrons. The number of aromatic nitrogens is 1. The van der Waals surface area contributed by atoms with E-state index < -0.39 is 10.0 Å². The maximum absolute atomic E-state index is 12.9. The number of fused-ring (bicyclic) bond motifs is 3. The number of nitrogens with one attached hydrogen (secondary N) is 2. The molecule has 6 nitrogen and oxygen atoms in total. The highest BCUT2D eigenvalue weighted by molar-refractivity contribution is 7.88. The molecule has 7 heteroatoms. The number of sulfonamides is 1. The summed E-state index contributed by atoms with van der Waals surface area (Å²) in [6.07, 6.45) is 5.81. The summed E-state index contributed by atoms with van der Waals surface area (Å²) in [5, 5.41) is 4.27. The first-order chi connectivity index (χ1) is 12.8. The van der Waals surface area contributed by atoms with E-state index in [4.69, 9.17) is 0 Å². The standard InChI is InChI=1S/C20H27N3O3S/c1-13-6-7-18-17(12-13)15-4-3-5-16(19(15)22-18)20(24)21-14-8-10-23(11-9-14)27(2,25)26/h3-5,13-14,22H,6-12H2,1-2H3,(H,21,24). The summed E-state index contributed by atoms with van der Waals surface area (Å²) >= 11 is 0. The molecule has 0 radical (unpaired) electrons. The molecule has 1 amide bonds. The molecule has 1 atom stereocenters. The number of amides is 1. The van der Waals surface area contributed by atoms with Gasteiger partial charge in [-0.15, -0.1) is 0 Å². The maximum Gasteiger partial charge on any atom is 0.253 e. The molecule has 0 bridgehead atoms. The smallest absolute Gasteiger partial charge is 0.253 e. The molecule has 2 N–H and O–H groups in total. The molecule has 1 aromatic carbocycles. The first-order valence-corrected chi connectivity index (χ1v) is 11.6. The predicted molar refractivity (Wildman–Crippen MR) is 106 cm³/mol. The summed E-state index contributed by atoms with van der Waals surface area (Å²) in [7, 11) is -3.15. The van der Waals surface area contributed by atoms with Gasteiger partial charge in [0, 0.05) is 30.2 Å². The van der Waals surface area contributed by atoms with Crippen molar-refractivity contribution in [2.45, 2.75) is 45.1 Å². The van der Waals surface area contributed by atoms with Gasteiger partial charge in [-0.3, -0.25) is 4.79 Å². The van der Waals surface area contributed by atoms with Gasteiger partial charge in [0.1, 0.15) is 0 Å². The zero-order valence-corrected chi connectivity index (χ0v) is 16.7. The van der Waals surface area contributed by atoms with E-state index in [0.717, 1.165) is 23.7 Å². The summed E-state index contributed by atoms with van der Waals surface area (Å²) in [5.74, 6) is 0.596. The van der Waals surface area contributed by atoms with Gasteiger partial charge < -0.3 is 10.3 Å². The second-order valence-electron chi connectivity index (χ2n) is 8.07. The Balaban J connectivity index is 1.52. The Morgan fingerprint density at radius 3 is 2.67 bits per heavy atom. The number of hydrogen-bond acceptors (Lipinski definition) is 3. The molecule has 2 aromatic rings. The van der Waals surface area contributed by atoms with Gasteiger partial charge in [-0.2, -0.15) is 0 Å². The summed E-state index contributed by atoms with van der Waals surface area (Å²) in [5.41, 5.74) is 4.24. The van der Waals surface area contributed by atoms with Crippen LogP contribution in [-0.2, 0) is 22.9 Å². The number of aryl methyl sites for hydroxylation is 1. The lowest BCUT2D eigenvalue weighted by Gasteiger charge is -2.30. The SMILES string of the molecule is CC1CCc2[nH]c3c(C(=O)NC4CCN(S(C)(=O)=O)CC4)cccc3c2C1. The van der Waals surface area contributed by atoms with Gasteiger partial charge in [0.05, 0.1) is 17.3 Å². The van der Waals surface area contributed by atoms with Crippen LogP contribution in [0.5, 0.6) is 0 Å². The van der Waals surface area contributed by atoms with E-state index in [1.54, 1.807) is 0 Å². The van der Waals surface area contributed by atoms with Crippen LogP contribution in [0.2, 0.25) is 0 Å². The number of hydrogen-bond donors (Lipinski definition) is 2. The number of piperidine rings is 1. The van der Waals surface area contributed by atoms with Crippen LogP contribution < -0.4 is 5.32 Å². The zero-order valence-electron chi connectivity index (χ0n) is 15.9. The monoisotopic (exact) mass is 389 g/mol. The van der Waals surface area contributed by atoms with Crippen LogP contribution >= 0.6 is 0 Å². The summed E-state index contributed by atoms with van der Waals surface area (Å²) in [4.78, 5) is 16.4. The van der Waals surface area contributed by atoms with Crippen molar-refractivity contribution in [3.63, 3.8) is 0 Å². The number of carbonyl (C=O) groups is 1. The number of benzene rings is 1. The van der Waals surface area contributed by atoms with Crippen LogP contribution in [0.1, 0.15) is 47.8 Å². The second kappa shape index (κ2) is 6.95. The number of carbonyl (C=O) groups excluding carboxylic acids is 1. The van der Waals surface area contributed by atoms with Crippen LogP contribution in [0.4, 0.5) is 0 Å². The van der Waals surface area contributed by atoms with Crippen LogP contribution in [0.3, 0.4) is 0 Å². The minimum atomic E-state index is -3.15. The minimum absolute atomic E-state index is 0.00960. The maximum atomic E-state index is 12.9. The number of para-hydroxylation sites is 1. The lowest BCUT2D eigenvalue weighted by molar-refractivity contribution is 0.0925. The highest BCUT2D eigenvalue weighted by atomic mass is 32.2. The van der Waals surface area contributed by atoms with Gasteiger partial charge in [0.25, 0.3) is 5.91 Å². The van der Waals surface area contributed by atoms with E-state index in [0.29, 0.717) is 37.4 Å². The Hall–Kier alpha value is -1.86. The van der Waals surface area contributed by atoms with Gasteiger partial charge in [-0.25, -0.2) is 12.7 Å². The lowest BCUT2D eigenvalue weighted by atomic mass is 9.87. The molecule has 4 rings (SSSR count). The first-order valence-electron chi connectivity index (χ1n) is 9.71. The topological polar surface area (TPSA) is 82.3 Å². The van der Waals surface area contributed by atoms with Crippen molar-refractivity contribution >= 4 is 26.8 Å². The largest absolute Gasteiger partial charge is 0.358 e. The fourth-order valence-corrected chi connectivity index (χ4v) is 5.27. The molecule has 1 aromatic heterocycles. The Kier molecular flexibility index (Phi) is 4.76. The molecule has 1 saturated heterocycles. The number of aromatic amines is 1. The van der Waals surface area contributed by atoms with E-state index in [2.05, 4.69) is 23.3 Å². The van der Waals surface area contributed by atoms with Crippen molar-refractivity contribution < 1.29 is 13.2 Å². The van der Waals surface area contributed by atoms with Crippen LogP contribution in [-0.4, -0.2) is 49.0 Å². The van der Waals surface area contributed by atoms with Crippen LogP contribution in [0.15, 0.2) is 18.2 Å². The predicted octanol–water partition coefficient (Wildman–Crippen LogP) is 2.45. The molecule has 0 spiro atoms. The van der Waals surface area contributed by atoms with E-state index in [1.807, 2.05) is 12.1 Å². The Morgan fingerprint density at radius 1 is 1.22 bits per heavy atom. The molecular formula is C20H27N3O3S. The molecule has 27 heavy (non-hydrogen) atoms. The van der Waals surface area contributed by atoms with Crippen LogP contribution in [0.25, 0.3) is 10.9 Å². The normalized spacial score (nSPS) is 21.9. The van der Waals surface area contributed by atoms with Gasteiger partial charge in [0.2, 0.25) is 10.0 Å². The Morgan fingerprint density at radius 2 is 1.96 bits per heavy atom. The summed E-state index contributed by atoms with van der Waals surface area (Å²) in [6.45, 7) is 3.20. The highest BCUT2D eigenvalue weighted by Gasteiger charge is 2.27. The van der Waals surface area contributed by atoms with Crippen molar-refractivity contribution in [1.82, 2.24) is 14.6 Å². The molecule has 1 fully saturated rings. The molecule has 1 aliphatic carbocycles. The third-order valence-corrected chi connectivity index (χ3v) is 7.28.